The van der Waals surface area contributed by atoms with Crippen molar-refractivity contribution < 1.29 is 4.74 Å². The second kappa shape index (κ2) is 6.35. The third-order valence-electron chi connectivity index (χ3n) is 4.06. The zero-order valence-electron chi connectivity index (χ0n) is 11.4. The minimum Gasteiger partial charge on any atom is -0.381 e. The number of anilines is 1. The van der Waals surface area contributed by atoms with Gasteiger partial charge in [0, 0.05) is 37.4 Å². The van der Waals surface area contributed by atoms with Crippen LogP contribution in [0, 0.1) is 0 Å². The fraction of sp³-hybridized carbons (Fsp3) is 0.667. The van der Waals surface area contributed by atoms with Gasteiger partial charge < -0.3 is 15.4 Å². The number of rotatable bonds is 3. The van der Waals surface area contributed by atoms with Crippen molar-refractivity contribution in [3.63, 3.8) is 0 Å². The normalized spacial score (nSPS) is 25.2. The summed E-state index contributed by atoms with van der Waals surface area (Å²) >= 11 is 0. The van der Waals surface area contributed by atoms with Crippen LogP contribution in [0.15, 0.2) is 18.2 Å². The van der Waals surface area contributed by atoms with E-state index in [0.717, 1.165) is 45.0 Å². The largest absolute Gasteiger partial charge is 0.381 e. The molecule has 4 nitrogen and oxygen atoms in total. The quantitative estimate of drug-likeness (QED) is 0.875. The highest BCUT2D eigenvalue weighted by Gasteiger charge is 2.18. The molecule has 4 heteroatoms. The highest BCUT2D eigenvalue weighted by atomic mass is 16.5. The highest BCUT2D eigenvalue weighted by molar-refractivity contribution is 5.37. The van der Waals surface area contributed by atoms with E-state index < -0.39 is 0 Å². The molecular weight excluding hydrogens is 238 g/mol. The van der Waals surface area contributed by atoms with Gasteiger partial charge in [0.2, 0.25) is 0 Å². The molecule has 2 aliphatic rings. The zero-order chi connectivity index (χ0) is 12.9. The lowest BCUT2D eigenvalue weighted by molar-refractivity contribution is 0.0904. The van der Waals surface area contributed by atoms with Crippen molar-refractivity contribution in [3.05, 3.63) is 23.9 Å². The van der Waals surface area contributed by atoms with Gasteiger partial charge >= 0.3 is 0 Å². The van der Waals surface area contributed by atoms with Crippen LogP contribution < -0.4 is 10.6 Å². The van der Waals surface area contributed by atoms with Gasteiger partial charge in [-0.15, -0.1) is 0 Å². The number of nitrogens with one attached hydrogen (secondary N) is 2. The van der Waals surface area contributed by atoms with Crippen LogP contribution in [0.25, 0.3) is 0 Å². The number of ether oxygens (including phenoxy) is 1. The second-order valence-corrected chi connectivity index (χ2v) is 5.52. The molecule has 19 heavy (non-hydrogen) atoms. The number of hydrogen-bond donors (Lipinski definition) is 2. The van der Waals surface area contributed by atoms with Crippen molar-refractivity contribution in [2.75, 3.05) is 31.6 Å². The number of pyridine rings is 1. The van der Waals surface area contributed by atoms with Crippen LogP contribution in [0.4, 0.5) is 5.82 Å². The molecule has 2 fully saturated rings. The summed E-state index contributed by atoms with van der Waals surface area (Å²) in [6.45, 7) is 3.94. The van der Waals surface area contributed by atoms with Gasteiger partial charge in [-0.1, -0.05) is 6.07 Å². The lowest BCUT2D eigenvalue weighted by Crippen LogP contribution is -2.30. The van der Waals surface area contributed by atoms with Gasteiger partial charge in [0.15, 0.2) is 0 Å². The van der Waals surface area contributed by atoms with Crippen molar-refractivity contribution in [1.29, 1.82) is 0 Å². The van der Waals surface area contributed by atoms with Gasteiger partial charge in [0.05, 0.1) is 0 Å². The summed E-state index contributed by atoms with van der Waals surface area (Å²) in [5.41, 5.74) is 1.23. The Bertz CT molecular complexity index is 398. The molecule has 1 atom stereocenters. The SMILES string of the molecule is c1cc(NC2CCOCC2)nc([C@@H]2CCCNC2)c1. The first kappa shape index (κ1) is 12.9. The molecule has 0 aromatic carbocycles. The van der Waals surface area contributed by atoms with Crippen LogP contribution in [0.3, 0.4) is 0 Å². The van der Waals surface area contributed by atoms with Crippen molar-refractivity contribution in [2.24, 2.45) is 0 Å². The van der Waals surface area contributed by atoms with Crippen LogP contribution in [0.1, 0.15) is 37.3 Å². The molecule has 3 rings (SSSR count). The maximum atomic E-state index is 5.39. The number of piperidine rings is 1. The van der Waals surface area contributed by atoms with E-state index in [1.165, 1.54) is 18.5 Å². The van der Waals surface area contributed by atoms with Gasteiger partial charge in [-0.25, -0.2) is 4.98 Å². The third-order valence-corrected chi connectivity index (χ3v) is 4.06. The second-order valence-electron chi connectivity index (χ2n) is 5.52. The van der Waals surface area contributed by atoms with E-state index in [1.807, 2.05) is 0 Å². The molecule has 104 valence electrons. The summed E-state index contributed by atoms with van der Waals surface area (Å²) in [4.78, 5) is 4.80. The Labute approximate surface area is 115 Å². The monoisotopic (exact) mass is 261 g/mol. The Morgan fingerprint density at radius 1 is 1.21 bits per heavy atom. The van der Waals surface area contributed by atoms with E-state index in [2.05, 4.69) is 28.8 Å². The van der Waals surface area contributed by atoms with Gasteiger partial charge in [-0.3, -0.25) is 0 Å². The molecule has 2 N–H and O–H groups in total. The van der Waals surface area contributed by atoms with Gasteiger partial charge in [0.25, 0.3) is 0 Å². The highest BCUT2D eigenvalue weighted by Crippen LogP contribution is 2.23. The first-order valence-corrected chi connectivity index (χ1v) is 7.44. The maximum Gasteiger partial charge on any atom is 0.126 e. The standard InChI is InChI=1S/C15H23N3O/c1-4-14(12-3-2-8-16-11-12)18-15(5-1)17-13-6-9-19-10-7-13/h1,4-5,12-13,16H,2-3,6-11H2,(H,17,18)/t12-/m1/s1. The molecule has 1 aromatic rings. The fourth-order valence-electron chi connectivity index (χ4n) is 2.91. The first-order chi connectivity index (χ1) is 9.42. The van der Waals surface area contributed by atoms with E-state index in [1.54, 1.807) is 0 Å². The number of nitrogens with zero attached hydrogens (tertiary/aromatic N) is 1. The number of aromatic nitrogens is 1. The molecule has 0 unspecified atom stereocenters. The minimum atomic E-state index is 0.515. The fourth-order valence-corrected chi connectivity index (χ4v) is 2.91. The van der Waals surface area contributed by atoms with Crippen LogP contribution in [-0.2, 0) is 4.74 Å². The summed E-state index contributed by atoms with van der Waals surface area (Å²) in [6.07, 6.45) is 4.67. The lowest BCUT2D eigenvalue weighted by Gasteiger charge is -2.25. The predicted octanol–water partition coefficient (Wildman–Crippen LogP) is 2.14. The average Bonchev–Trinajstić information content (AvgIpc) is 2.49. The van der Waals surface area contributed by atoms with Crippen LogP contribution in [-0.4, -0.2) is 37.3 Å². The lowest BCUT2D eigenvalue weighted by atomic mass is 9.96. The van der Waals surface area contributed by atoms with Crippen LogP contribution in [0.2, 0.25) is 0 Å². The van der Waals surface area contributed by atoms with Crippen molar-refractivity contribution in [3.8, 4) is 0 Å². The Morgan fingerprint density at radius 2 is 2.11 bits per heavy atom. The topological polar surface area (TPSA) is 46.2 Å². The molecule has 0 spiro atoms. The summed E-state index contributed by atoms with van der Waals surface area (Å²) < 4.78 is 5.39. The van der Waals surface area contributed by atoms with E-state index >= 15 is 0 Å². The average molecular weight is 261 g/mol. The zero-order valence-corrected chi connectivity index (χ0v) is 11.4. The van der Waals surface area contributed by atoms with Crippen LogP contribution >= 0.6 is 0 Å². The number of hydrogen-bond acceptors (Lipinski definition) is 4. The van der Waals surface area contributed by atoms with E-state index in [9.17, 15) is 0 Å². The minimum absolute atomic E-state index is 0.515. The molecule has 2 saturated heterocycles. The van der Waals surface area contributed by atoms with Crippen molar-refractivity contribution >= 4 is 5.82 Å². The van der Waals surface area contributed by atoms with E-state index in [-0.39, 0.29) is 0 Å². The Balaban J connectivity index is 1.64. The predicted molar refractivity (Wildman–Crippen MR) is 76.5 cm³/mol. The molecule has 0 bridgehead atoms. The molecule has 0 radical (unpaired) electrons. The Kier molecular flexibility index (Phi) is 4.30. The Hall–Kier alpha value is -1.13. The van der Waals surface area contributed by atoms with E-state index in [0.29, 0.717) is 12.0 Å². The van der Waals surface area contributed by atoms with Crippen LogP contribution in [0.5, 0.6) is 0 Å². The van der Waals surface area contributed by atoms with Gasteiger partial charge in [-0.2, -0.15) is 0 Å². The summed E-state index contributed by atoms with van der Waals surface area (Å²) in [5, 5.41) is 7.01. The third kappa shape index (κ3) is 3.45. The van der Waals surface area contributed by atoms with E-state index in [4.69, 9.17) is 9.72 Å². The summed E-state index contributed by atoms with van der Waals surface area (Å²) in [6, 6.07) is 6.88. The summed E-state index contributed by atoms with van der Waals surface area (Å²) in [7, 11) is 0. The summed E-state index contributed by atoms with van der Waals surface area (Å²) in [5.74, 6) is 1.60. The smallest absolute Gasteiger partial charge is 0.126 e. The first-order valence-electron chi connectivity index (χ1n) is 7.44. The molecular formula is C15H23N3O. The van der Waals surface area contributed by atoms with Gasteiger partial charge in [0.1, 0.15) is 5.82 Å². The molecule has 2 aliphatic heterocycles. The molecule has 0 aliphatic carbocycles. The molecule has 0 saturated carbocycles. The van der Waals surface area contributed by atoms with Crippen molar-refractivity contribution in [1.82, 2.24) is 10.3 Å². The van der Waals surface area contributed by atoms with Crippen molar-refractivity contribution in [2.45, 2.75) is 37.6 Å². The molecule has 1 aromatic heterocycles. The molecule has 3 heterocycles. The maximum absolute atomic E-state index is 5.39. The van der Waals surface area contributed by atoms with Gasteiger partial charge in [-0.05, 0) is 44.4 Å². The Morgan fingerprint density at radius 3 is 2.89 bits per heavy atom. The molecule has 0 amide bonds.